The van der Waals surface area contributed by atoms with Crippen molar-refractivity contribution < 1.29 is 4.73 Å². The van der Waals surface area contributed by atoms with E-state index in [4.69, 9.17) is 0 Å². The van der Waals surface area contributed by atoms with Gasteiger partial charge in [-0.05, 0) is 0 Å². The molecule has 0 aliphatic rings. The molecule has 0 fully saturated rings. The van der Waals surface area contributed by atoms with Crippen LogP contribution in [0.4, 0.5) is 0 Å². The summed E-state index contributed by atoms with van der Waals surface area (Å²) in [5.74, 6) is 0. The second-order valence-electron chi connectivity index (χ2n) is 4.81. The highest BCUT2D eigenvalue weighted by Gasteiger charge is 2.22. The summed E-state index contributed by atoms with van der Waals surface area (Å²) >= 11 is 0. The molecule has 1 aromatic heterocycles. The highest BCUT2D eigenvalue weighted by molar-refractivity contribution is 5.76. The monoisotopic (exact) mass is 276 g/mol. The van der Waals surface area contributed by atoms with Crippen molar-refractivity contribution in [2.75, 3.05) is 0 Å². The lowest BCUT2D eigenvalue weighted by Crippen LogP contribution is -2.25. The number of hydrogen-bond donors (Lipinski definition) is 0. The van der Waals surface area contributed by atoms with E-state index in [-0.39, 0.29) is 0 Å². The van der Waals surface area contributed by atoms with Crippen LogP contribution in [0.25, 0.3) is 22.5 Å². The minimum absolute atomic E-state index is 0.597. The average molecular weight is 276 g/mol. The van der Waals surface area contributed by atoms with Gasteiger partial charge in [0.25, 0.3) is 0 Å². The van der Waals surface area contributed by atoms with Crippen LogP contribution in [0.2, 0.25) is 0 Å². The topological polar surface area (TPSA) is 31.9 Å². The maximum absolute atomic E-state index is 12.4. The summed E-state index contributed by atoms with van der Waals surface area (Å²) in [5.41, 5.74) is 3.52. The molecular formula is C18H16N2O. The summed E-state index contributed by atoms with van der Waals surface area (Å²) in [4.78, 5) is 0. The summed E-state index contributed by atoms with van der Waals surface area (Å²) in [7, 11) is 0. The maximum atomic E-state index is 12.4. The van der Waals surface area contributed by atoms with E-state index in [1.807, 2.05) is 65.2 Å². The van der Waals surface area contributed by atoms with Gasteiger partial charge in [0.2, 0.25) is 6.33 Å². The van der Waals surface area contributed by atoms with E-state index in [2.05, 4.69) is 6.58 Å². The standard InChI is InChI=1S/C18H16N2O/c1-2-13-19-14-20(21)18(16-11-7-4-8-12-16)17(19)15-9-5-3-6-10-15/h2-12,14H,1,13H2. The van der Waals surface area contributed by atoms with Crippen molar-refractivity contribution in [3.05, 3.63) is 84.9 Å². The Morgan fingerprint density at radius 1 is 0.952 bits per heavy atom. The molecule has 0 bridgehead atoms. The van der Waals surface area contributed by atoms with Crippen molar-refractivity contribution in [1.29, 1.82) is 0 Å². The van der Waals surface area contributed by atoms with Crippen LogP contribution in [0.3, 0.4) is 0 Å². The van der Waals surface area contributed by atoms with Crippen molar-refractivity contribution in [2.45, 2.75) is 6.54 Å². The molecule has 0 aliphatic carbocycles. The normalized spacial score (nSPS) is 10.5. The first-order valence-corrected chi connectivity index (χ1v) is 6.85. The van der Waals surface area contributed by atoms with E-state index in [0.29, 0.717) is 12.2 Å². The van der Waals surface area contributed by atoms with Gasteiger partial charge in [-0.3, -0.25) is 0 Å². The van der Waals surface area contributed by atoms with Crippen LogP contribution in [0.5, 0.6) is 0 Å². The average Bonchev–Trinajstić information content (AvgIpc) is 2.86. The number of allylic oxidation sites excluding steroid dienone is 1. The number of benzene rings is 2. The van der Waals surface area contributed by atoms with Gasteiger partial charge in [0.1, 0.15) is 6.54 Å². The third-order valence-corrected chi connectivity index (χ3v) is 3.40. The van der Waals surface area contributed by atoms with E-state index in [0.717, 1.165) is 21.6 Å². The first-order valence-electron chi connectivity index (χ1n) is 6.85. The van der Waals surface area contributed by atoms with Gasteiger partial charge in [-0.25, -0.2) is 9.30 Å². The van der Waals surface area contributed by atoms with Crippen LogP contribution in [-0.4, -0.2) is 4.57 Å². The predicted molar refractivity (Wildman–Crippen MR) is 84.5 cm³/mol. The van der Waals surface area contributed by atoms with Gasteiger partial charge in [0.05, 0.1) is 0 Å². The Bertz CT molecular complexity index is 746. The summed E-state index contributed by atoms with van der Waals surface area (Å²) in [6.07, 6.45) is 3.37. The molecule has 0 N–H and O–H groups in total. The minimum atomic E-state index is 0.597. The highest BCUT2D eigenvalue weighted by atomic mass is 16.5. The van der Waals surface area contributed by atoms with E-state index in [9.17, 15) is 5.21 Å². The molecule has 21 heavy (non-hydrogen) atoms. The van der Waals surface area contributed by atoms with Crippen LogP contribution in [0.1, 0.15) is 0 Å². The highest BCUT2D eigenvalue weighted by Crippen LogP contribution is 2.29. The maximum Gasteiger partial charge on any atom is 0.248 e. The van der Waals surface area contributed by atoms with Crippen LogP contribution < -0.4 is 4.73 Å². The smallest absolute Gasteiger partial charge is 0.248 e. The predicted octanol–water partition coefficient (Wildman–Crippen LogP) is 3.64. The molecular weight excluding hydrogens is 260 g/mol. The van der Waals surface area contributed by atoms with Crippen molar-refractivity contribution >= 4 is 0 Å². The van der Waals surface area contributed by atoms with E-state index in [1.54, 1.807) is 12.4 Å². The Kier molecular flexibility index (Phi) is 3.56. The third kappa shape index (κ3) is 2.46. The van der Waals surface area contributed by atoms with Gasteiger partial charge in [0.15, 0.2) is 11.4 Å². The number of hydrogen-bond acceptors (Lipinski definition) is 1. The Hall–Kier alpha value is -2.81. The van der Waals surface area contributed by atoms with Crippen molar-refractivity contribution in [3.8, 4) is 22.5 Å². The molecule has 0 saturated heterocycles. The van der Waals surface area contributed by atoms with Gasteiger partial charge in [0, 0.05) is 11.1 Å². The minimum Gasteiger partial charge on any atom is -0.710 e. The fourth-order valence-electron chi connectivity index (χ4n) is 2.52. The molecule has 0 spiro atoms. The summed E-state index contributed by atoms with van der Waals surface area (Å²) in [6.45, 7) is 4.37. The number of aromatic nitrogens is 2. The fraction of sp³-hybridized carbons (Fsp3) is 0.0556. The first-order chi connectivity index (χ1) is 10.3. The van der Waals surface area contributed by atoms with E-state index < -0.39 is 0 Å². The summed E-state index contributed by atoms with van der Waals surface area (Å²) < 4.78 is 2.86. The number of rotatable bonds is 4. The largest absolute Gasteiger partial charge is 0.710 e. The van der Waals surface area contributed by atoms with Gasteiger partial charge in [-0.1, -0.05) is 73.3 Å². The quantitative estimate of drug-likeness (QED) is 0.407. The molecule has 0 radical (unpaired) electrons. The zero-order valence-electron chi connectivity index (χ0n) is 11.6. The molecule has 0 amide bonds. The van der Waals surface area contributed by atoms with Crippen molar-refractivity contribution in [3.63, 3.8) is 0 Å². The van der Waals surface area contributed by atoms with Crippen LogP contribution in [-0.2, 0) is 6.54 Å². The van der Waals surface area contributed by atoms with Gasteiger partial charge < -0.3 is 5.21 Å². The number of nitrogens with zero attached hydrogens (tertiary/aromatic N) is 2. The number of imidazole rings is 1. The molecule has 3 heteroatoms. The van der Waals surface area contributed by atoms with Gasteiger partial charge in [-0.15, -0.1) is 0 Å². The molecule has 0 unspecified atom stereocenters. The molecule has 1 heterocycles. The van der Waals surface area contributed by atoms with Crippen LogP contribution in [0, 0.1) is 5.21 Å². The van der Waals surface area contributed by atoms with Gasteiger partial charge >= 0.3 is 0 Å². The second-order valence-corrected chi connectivity index (χ2v) is 4.81. The van der Waals surface area contributed by atoms with Crippen molar-refractivity contribution in [2.24, 2.45) is 0 Å². The third-order valence-electron chi connectivity index (χ3n) is 3.40. The molecule has 0 saturated carbocycles. The lowest BCUT2D eigenvalue weighted by atomic mass is 10.0. The summed E-state index contributed by atoms with van der Waals surface area (Å²) in [5, 5.41) is 12.4. The molecule has 0 aliphatic heterocycles. The summed E-state index contributed by atoms with van der Waals surface area (Å²) in [6, 6.07) is 19.7. The van der Waals surface area contributed by atoms with Crippen molar-refractivity contribution in [1.82, 2.24) is 4.57 Å². The van der Waals surface area contributed by atoms with E-state index in [1.165, 1.54) is 0 Å². The Balaban J connectivity index is 2.27. The molecule has 3 rings (SSSR count). The van der Waals surface area contributed by atoms with Crippen LogP contribution in [0.15, 0.2) is 79.6 Å². The fourth-order valence-corrected chi connectivity index (χ4v) is 2.52. The Labute approximate surface area is 124 Å². The lowest BCUT2D eigenvalue weighted by molar-refractivity contribution is -0.593. The molecule has 3 nitrogen and oxygen atoms in total. The second kappa shape index (κ2) is 5.67. The first kappa shape index (κ1) is 13.2. The zero-order valence-corrected chi connectivity index (χ0v) is 11.6. The zero-order chi connectivity index (χ0) is 14.7. The van der Waals surface area contributed by atoms with E-state index >= 15 is 0 Å². The molecule has 3 aromatic rings. The molecule has 104 valence electrons. The molecule has 2 aromatic carbocycles. The SMILES string of the molecule is C=CCn1c[n+]([O-])c(-c2ccccc2)c1-c1ccccc1. The Morgan fingerprint density at radius 2 is 1.52 bits per heavy atom. The van der Waals surface area contributed by atoms with Gasteiger partial charge in [-0.2, -0.15) is 0 Å². The lowest BCUT2D eigenvalue weighted by Gasteiger charge is -2.06. The molecule has 0 atom stereocenters. The Morgan fingerprint density at radius 3 is 2.10 bits per heavy atom. The van der Waals surface area contributed by atoms with Crippen LogP contribution >= 0.6 is 0 Å².